The van der Waals surface area contributed by atoms with E-state index in [1.54, 1.807) is 0 Å². The molecule has 1 atom stereocenters. The third kappa shape index (κ3) is 6.39. The van der Waals surface area contributed by atoms with Crippen molar-refractivity contribution in [2.45, 2.75) is 51.5 Å². The molecule has 0 N–H and O–H groups in total. The molecular weight excluding hydrogens is 617 g/mol. The molecule has 1 aliphatic heterocycles. The molecule has 5 rings (SSSR count). The van der Waals surface area contributed by atoms with Gasteiger partial charge in [0.2, 0.25) is 5.75 Å². The van der Waals surface area contributed by atoms with Crippen LogP contribution < -0.4 is 14.2 Å². The predicted molar refractivity (Wildman–Crippen MR) is 133 cm³/mol. The Kier molecular flexibility index (Phi) is 8.40. The van der Waals surface area contributed by atoms with Crippen LogP contribution in [0.1, 0.15) is 43.7 Å². The number of hydrogen-bond donors (Lipinski definition) is 0. The molecule has 0 spiro atoms. The Balaban J connectivity index is 1.41. The Bertz CT molecular complexity index is 1520. The topological polar surface area (TPSA) is 27.7 Å². The molecule has 3 aromatic rings. The van der Waals surface area contributed by atoms with Crippen molar-refractivity contribution < 1.29 is 62.5 Å². The Morgan fingerprint density at radius 1 is 0.705 bits per heavy atom. The second-order valence-corrected chi connectivity index (χ2v) is 11.0. The van der Waals surface area contributed by atoms with Crippen LogP contribution in [0.5, 0.6) is 17.2 Å². The minimum atomic E-state index is -5.53. The fourth-order valence-electron chi connectivity index (χ4n) is 5.82. The highest BCUT2D eigenvalue weighted by Crippen LogP contribution is 2.44. The maximum Gasteiger partial charge on any atom is 0.573 e. The maximum absolute atomic E-state index is 15.5. The first kappa shape index (κ1) is 31.7. The number of benzene rings is 3. The molecule has 0 bridgehead atoms. The van der Waals surface area contributed by atoms with Gasteiger partial charge in [-0.2, -0.15) is 8.78 Å². The van der Waals surface area contributed by atoms with Gasteiger partial charge in [-0.25, -0.2) is 26.3 Å². The minimum absolute atomic E-state index is 0.0198. The zero-order valence-corrected chi connectivity index (χ0v) is 22.7. The monoisotopic (exact) mass is 640 g/mol. The second-order valence-electron chi connectivity index (χ2n) is 11.0. The van der Waals surface area contributed by atoms with Crippen LogP contribution in [0.25, 0.3) is 11.1 Å². The zero-order chi connectivity index (χ0) is 32.1. The molecule has 1 unspecified atom stereocenters. The normalized spacial score (nSPS) is 20.6. The average molecular weight is 640 g/mol. The summed E-state index contributed by atoms with van der Waals surface area (Å²) in [5.74, 6) is -13.6. The van der Waals surface area contributed by atoms with Gasteiger partial charge < -0.3 is 14.2 Å². The van der Waals surface area contributed by atoms with Crippen LogP contribution in [0.4, 0.5) is 48.3 Å². The molecule has 2 aliphatic rings. The molecule has 3 nitrogen and oxygen atoms in total. The van der Waals surface area contributed by atoms with E-state index in [1.165, 1.54) is 0 Å². The van der Waals surface area contributed by atoms with E-state index in [0.29, 0.717) is 18.3 Å². The molecule has 1 fully saturated rings. The molecule has 14 heteroatoms. The third-order valence-corrected chi connectivity index (χ3v) is 7.96. The molecule has 3 aromatic carbocycles. The minimum Gasteiger partial charge on any atom is -0.490 e. The number of fused-ring (bicyclic) bond motifs is 1. The lowest BCUT2D eigenvalue weighted by Gasteiger charge is -2.35. The summed E-state index contributed by atoms with van der Waals surface area (Å²) >= 11 is 0. The summed E-state index contributed by atoms with van der Waals surface area (Å²) in [6.07, 6.45) is -6.24. The predicted octanol–water partition coefficient (Wildman–Crippen LogP) is 9.59. The Hall–Kier alpha value is -3.71. The van der Waals surface area contributed by atoms with Gasteiger partial charge in [-0.3, -0.25) is 0 Å². The van der Waals surface area contributed by atoms with Crippen molar-refractivity contribution in [3.05, 3.63) is 76.4 Å². The summed E-state index contributed by atoms with van der Waals surface area (Å²) in [7, 11) is 0. The van der Waals surface area contributed by atoms with Gasteiger partial charge in [0.25, 0.3) is 0 Å². The van der Waals surface area contributed by atoms with Crippen LogP contribution in [-0.2, 0) is 12.5 Å². The van der Waals surface area contributed by atoms with Crippen LogP contribution in [0.15, 0.2) is 30.3 Å². The van der Waals surface area contributed by atoms with Crippen LogP contribution in [0, 0.1) is 52.7 Å². The van der Waals surface area contributed by atoms with Gasteiger partial charge in [0, 0.05) is 17.7 Å². The highest BCUT2D eigenvalue weighted by molar-refractivity contribution is 5.69. The van der Waals surface area contributed by atoms with Crippen molar-refractivity contribution in [2.24, 2.45) is 17.8 Å². The van der Waals surface area contributed by atoms with Gasteiger partial charge in [-0.15, -0.1) is 13.2 Å². The zero-order valence-electron chi connectivity index (χ0n) is 22.7. The van der Waals surface area contributed by atoms with Gasteiger partial charge in [-0.05, 0) is 60.8 Å². The highest BCUT2D eigenvalue weighted by atomic mass is 19.4. The maximum atomic E-state index is 15.5. The molecular formula is C30H23F11O3. The second kappa shape index (κ2) is 11.7. The van der Waals surface area contributed by atoms with Gasteiger partial charge >= 0.3 is 12.5 Å². The number of halogens is 11. The van der Waals surface area contributed by atoms with E-state index in [4.69, 9.17) is 4.74 Å². The van der Waals surface area contributed by atoms with E-state index in [2.05, 4.69) is 16.4 Å². The van der Waals surface area contributed by atoms with Crippen molar-refractivity contribution in [1.82, 2.24) is 0 Å². The summed E-state index contributed by atoms with van der Waals surface area (Å²) in [6.45, 7) is 2.30. The first-order chi connectivity index (χ1) is 20.5. The van der Waals surface area contributed by atoms with E-state index in [0.717, 1.165) is 31.7 Å². The molecule has 238 valence electrons. The SMILES string of the molecule is CC1CCC(C2COc3c(cc(F)c(-c4cc(F)c(C(F)(F)Oc5cc(F)c(OC(F)(F)F)c(F)c5)c(F)c4)c3F)C2)CC1. The van der Waals surface area contributed by atoms with Crippen molar-refractivity contribution >= 4 is 0 Å². The molecule has 1 heterocycles. The molecule has 1 saturated carbocycles. The fraction of sp³-hybridized carbons (Fsp3) is 0.400. The van der Waals surface area contributed by atoms with Gasteiger partial charge in [0.15, 0.2) is 23.2 Å². The number of rotatable bonds is 6. The van der Waals surface area contributed by atoms with Crippen molar-refractivity contribution in [2.75, 3.05) is 6.61 Å². The lowest BCUT2D eigenvalue weighted by molar-refractivity contribution is -0.276. The van der Waals surface area contributed by atoms with Gasteiger partial charge in [0.05, 0.1) is 12.2 Å². The van der Waals surface area contributed by atoms with E-state index >= 15 is 8.78 Å². The number of hydrogen-bond acceptors (Lipinski definition) is 3. The summed E-state index contributed by atoms with van der Waals surface area (Å²) in [5, 5.41) is 0. The van der Waals surface area contributed by atoms with Crippen LogP contribution in [-0.4, -0.2) is 13.0 Å². The largest absolute Gasteiger partial charge is 0.573 e. The molecule has 0 saturated heterocycles. The summed E-state index contributed by atoms with van der Waals surface area (Å²) in [4.78, 5) is 0. The summed E-state index contributed by atoms with van der Waals surface area (Å²) in [6, 6.07) is 1.14. The lowest BCUT2D eigenvalue weighted by Crippen LogP contribution is -2.31. The van der Waals surface area contributed by atoms with Crippen LogP contribution in [0.3, 0.4) is 0 Å². The first-order valence-corrected chi connectivity index (χ1v) is 13.5. The van der Waals surface area contributed by atoms with Gasteiger partial charge in [0.1, 0.15) is 28.8 Å². The third-order valence-electron chi connectivity index (χ3n) is 7.96. The molecule has 0 radical (unpaired) electrons. The van der Waals surface area contributed by atoms with Crippen molar-refractivity contribution in [3.8, 4) is 28.4 Å². The van der Waals surface area contributed by atoms with E-state index in [9.17, 15) is 39.5 Å². The molecule has 0 amide bonds. The van der Waals surface area contributed by atoms with E-state index < -0.39 is 75.6 Å². The first-order valence-electron chi connectivity index (χ1n) is 13.5. The number of ether oxygens (including phenoxy) is 3. The molecule has 1 aliphatic carbocycles. The summed E-state index contributed by atoms with van der Waals surface area (Å²) in [5.41, 5.74) is -3.61. The molecule has 44 heavy (non-hydrogen) atoms. The Morgan fingerprint density at radius 3 is 1.86 bits per heavy atom. The Morgan fingerprint density at radius 2 is 1.30 bits per heavy atom. The standard InChI is InChI=1S/C30H23F11O3/c1-13-2-4-14(5-3-13)17-6-16-9-19(31)24(26(36)27(16)42-12-17)15-7-20(32)25(21(33)8-15)29(37,38)43-18-10-22(34)28(23(35)11-18)44-30(39,40)41/h7-11,13-14,17H,2-6,12H2,1H3. The summed E-state index contributed by atoms with van der Waals surface area (Å²) < 4.78 is 168. The van der Waals surface area contributed by atoms with E-state index in [-0.39, 0.29) is 48.1 Å². The number of alkyl halides is 5. The highest BCUT2D eigenvalue weighted by Gasteiger charge is 2.43. The van der Waals surface area contributed by atoms with Crippen molar-refractivity contribution in [1.29, 1.82) is 0 Å². The van der Waals surface area contributed by atoms with Gasteiger partial charge in [-0.1, -0.05) is 19.8 Å². The Labute approximate surface area is 243 Å². The lowest BCUT2D eigenvalue weighted by atomic mass is 9.74. The quantitative estimate of drug-likeness (QED) is 0.251. The van der Waals surface area contributed by atoms with Crippen LogP contribution in [0.2, 0.25) is 0 Å². The van der Waals surface area contributed by atoms with E-state index in [1.807, 2.05) is 0 Å². The van der Waals surface area contributed by atoms with Crippen LogP contribution >= 0.6 is 0 Å². The smallest absolute Gasteiger partial charge is 0.490 e. The molecule has 0 aromatic heterocycles. The average Bonchev–Trinajstić information content (AvgIpc) is 2.89. The fourth-order valence-corrected chi connectivity index (χ4v) is 5.82. The van der Waals surface area contributed by atoms with Crippen molar-refractivity contribution in [3.63, 3.8) is 0 Å².